The maximum atomic E-state index is 10.2. The van der Waals surface area contributed by atoms with Gasteiger partial charge in [0.2, 0.25) is 0 Å². The summed E-state index contributed by atoms with van der Waals surface area (Å²) in [5, 5.41) is 8.75. The zero-order valence-corrected chi connectivity index (χ0v) is 8.80. The average Bonchev–Trinajstić information content (AvgIpc) is 2.06. The largest absolute Gasteiger partial charge is 0.480 e. The normalized spacial score (nSPS) is 9.69. The third-order valence-electron chi connectivity index (χ3n) is 1.24. The molecule has 0 aliphatic carbocycles. The Bertz CT molecular complexity index is 327. The van der Waals surface area contributed by atoms with Crippen molar-refractivity contribution >= 4 is 33.5 Å². The van der Waals surface area contributed by atoms with Gasteiger partial charge in [0, 0.05) is 4.47 Å². The minimum absolute atomic E-state index is 0.360. The fourth-order valence-corrected chi connectivity index (χ4v) is 1.24. The lowest BCUT2D eigenvalue weighted by Gasteiger charge is -2.05. The molecule has 3 nitrogen and oxygen atoms in total. The van der Waals surface area contributed by atoms with Crippen LogP contribution in [-0.4, -0.2) is 17.7 Å². The molecule has 0 spiro atoms. The molecule has 0 aromatic heterocycles. The Morgan fingerprint density at radius 2 is 2.31 bits per heavy atom. The Balaban J connectivity index is 2.75. The Hall–Kier alpha value is -0.740. The minimum Gasteiger partial charge on any atom is -0.480 e. The van der Waals surface area contributed by atoms with Crippen molar-refractivity contribution in [3.63, 3.8) is 0 Å². The molecular formula is C8H6BrClO3. The number of benzene rings is 1. The fourth-order valence-electron chi connectivity index (χ4n) is 0.727. The van der Waals surface area contributed by atoms with E-state index in [1.54, 1.807) is 18.2 Å². The molecule has 0 atom stereocenters. The quantitative estimate of drug-likeness (QED) is 0.913. The molecular weight excluding hydrogens is 259 g/mol. The number of hydrogen-bond donors (Lipinski definition) is 1. The van der Waals surface area contributed by atoms with Crippen LogP contribution in [0.4, 0.5) is 0 Å². The molecule has 0 unspecified atom stereocenters. The van der Waals surface area contributed by atoms with Crippen molar-refractivity contribution in [2.45, 2.75) is 0 Å². The summed E-state index contributed by atoms with van der Waals surface area (Å²) in [7, 11) is 0. The van der Waals surface area contributed by atoms with Gasteiger partial charge in [-0.25, -0.2) is 4.79 Å². The molecule has 0 saturated carbocycles. The van der Waals surface area contributed by atoms with E-state index in [1.807, 2.05) is 0 Å². The summed E-state index contributed by atoms with van der Waals surface area (Å²) >= 11 is 8.96. The van der Waals surface area contributed by atoms with Crippen LogP contribution in [0.25, 0.3) is 0 Å². The second-order valence-electron chi connectivity index (χ2n) is 2.26. The van der Waals surface area contributed by atoms with Gasteiger partial charge < -0.3 is 9.84 Å². The van der Waals surface area contributed by atoms with Crippen molar-refractivity contribution in [2.24, 2.45) is 0 Å². The monoisotopic (exact) mass is 264 g/mol. The van der Waals surface area contributed by atoms with Gasteiger partial charge in [-0.15, -0.1) is 0 Å². The number of rotatable bonds is 3. The van der Waals surface area contributed by atoms with Crippen molar-refractivity contribution in [2.75, 3.05) is 6.61 Å². The first-order valence-electron chi connectivity index (χ1n) is 3.39. The molecule has 1 N–H and O–H groups in total. The van der Waals surface area contributed by atoms with Gasteiger partial charge in [-0.2, -0.15) is 0 Å². The van der Waals surface area contributed by atoms with Crippen LogP contribution >= 0.6 is 27.5 Å². The molecule has 1 aromatic rings. The standard InChI is InChI=1S/C8H6BrClO3/c9-5-1-2-6(10)7(3-5)13-4-8(11)12/h1-3H,4H2,(H,11,12). The van der Waals surface area contributed by atoms with E-state index in [-0.39, 0.29) is 0 Å². The lowest BCUT2D eigenvalue weighted by atomic mass is 10.3. The molecule has 0 saturated heterocycles. The van der Waals surface area contributed by atoms with Gasteiger partial charge in [-0.3, -0.25) is 0 Å². The predicted octanol–water partition coefficient (Wildman–Crippen LogP) is 2.57. The molecule has 70 valence electrons. The van der Waals surface area contributed by atoms with E-state index in [9.17, 15) is 4.79 Å². The highest BCUT2D eigenvalue weighted by Crippen LogP contribution is 2.27. The van der Waals surface area contributed by atoms with Crippen LogP contribution in [0.15, 0.2) is 22.7 Å². The van der Waals surface area contributed by atoms with E-state index in [4.69, 9.17) is 21.4 Å². The smallest absolute Gasteiger partial charge is 0.341 e. The highest BCUT2D eigenvalue weighted by atomic mass is 79.9. The summed E-state index contributed by atoms with van der Waals surface area (Å²) < 4.78 is 5.71. The van der Waals surface area contributed by atoms with Gasteiger partial charge in [0.05, 0.1) is 5.02 Å². The maximum Gasteiger partial charge on any atom is 0.341 e. The first kappa shape index (κ1) is 10.3. The van der Waals surface area contributed by atoms with Crippen molar-refractivity contribution in [1.82, 2.24) is 0 Å². The predicted molar refractivity (Wildman–Crippen MR) is 52.3 cm³/mol. The van der Waals surface area contributed by atoms with Crippen LogP contribution < -0.4 is 4.74 Å². The summed E-state index contributed by atoms with van der Waals surface area (Å²) in [6.07, 6.45) is 0. The summed E-state index contributed by atoms with van der Waals surface area (Å²) in [4.78, 5) is 10.2. The lowest BCUT2D eigenvalue weighted by Crippen LogP contribution is -2.09. The van der Waals surface area contributed by atoms with Crippen LogP contribution in [0.3, 0.4) is 0 Å². The van der Waals surface area contributed by atoms with Crippen molar-refractivity contribution < 1.29 is 14.6 Å². The zero-order chi connectivity index (χ0) is 9.84. The van der Waals surface area contributed by atoms with Crippen LogP contribution in [0.1, 0.15) is 0 Å². The van der Waals surface area contributed by atoms with E-state index < -0.39 is 12.6 Å². The number of carboxylic acids is 1. The third kappa shape index (κ3) is 3.24. The number of ether oxygens (including phenoxy) is 1. The molecule has 1 aromatic carbocycles. The summed E-state index contributed by atoms with van der Waals surface area (Å²) in [6.45, 7) is -0.393. The van der Waals surface area contributed by atoms with E-state index >= 15 is 0 Å². The first-order chi connectivity index (χ1) is 6.09. The van der Waals surface area contributed by atoms with Crippen LogP contribution in [0.5, 0.6) is 5.75 Å². The molecule has 0 fully saturated rings. The molecule has 1 rings (SSSR count). The lowest BCUT2D eigenvalue weighted by molar-refractivity contribution is -0.139. The number of halogens is 2. The number of hydrogen-bond acceptors (Lipinski definition) is 2. The fraction of sp³-hybridized carbons (Fsp3) is 0.125. The van der Waals surface area contributed by atoms with Gasteiger partial charge in [-0.1, -0.05) is 27.5 Å². The number of aliphatic carboxylic acids is 1. The van der Waals surface area contributed by atoms with Crippen LogP contribution in [-0.2, 0) is 4.79 Å². The molecule has 0 heterocycles. The summed E-state index contributed by atoms with van der Waals surface area (Å²) in [5.41, 5.74) is 0. The topological polar surface area (TPSA) is 46.5 Å². The van der Waals surface area contributed by atoms with Crippen molar-refractivity contribution in [1.29, 1.82) is 0 Å². The first-order valence-corrected chi connectivity index (χ1v) is 4.56. The third-order valence-corrected chi connectivity index (χ3v) is 2.05. The zero-order valence-electron chi connectivity index (χ0n) is 6.46. The van der Waals surface area contributed by atoms with Crippen LogP contribution in [0.2, 0.25) is 5.02 Å². The molecule has 13 heavy (non-hydrogen) atoms. The minimum atomic E-state index is -1.03. The highest BCUT2D eigenvalue weighted by Gasteiger charge is 2.04. The molecule has 0 aliphatic rings. The molecule has 0 radical (unpaired) electrons. The molecule has 0 aliphatic heterocycles. The van der Waals surface area contributed by atoms with E-state index in [0.717, 1.165) is 4.47 Å². The summed E-state index contributed by atoms with van der Waals surface area (Å²) in [6, 6.07) is 4.99. The average molecular weight is 265 g/mol. The Morgan fingerprint density at radius 3 is 2.92 bits per heavy atom. The van der Waals surface area contributed by atoms with Gasteiger partial charge in [0.1, 0.15) is 5.75 Å². The van der Waals surface area contributed by atoms with Crippen molar-refractivity contribution in [3.8, 4) is 5.75 Å². The second kappa shape index (κ2) is 4.48. The number of carbonyl (C=O) groups is 1. The summed E-state index contributed by atoms with van der Waals surface area (Å²) in [5.74, 6) is -0.672. The van der Waals surface area contributed by atoms with Crippen molar-refractivity contribution in [3.05, 3.63) is 27.7 Å². The molecule has 0 bridgehead atoms. The molecule has 5 heteroatoms. The van der Waals surface area contributed by atoms with Gasteiger partial charge >= 0.3 is 5.97 Å². The van der Waals surface area contributed by atoms with E-state index in [0.29, 0.717) is 10.8 Å². The maximum absolute atomic E-state index is 10.2. The second-order valence-corrected chi connectivity index (χ2v) is 3.58. The Kier molecular flexibility index (Phi) is 3.57. The van der Waals surface area contributed by atoms with Crippen LogP contribution in [0, 0.1) is 0 Å². The Morgan fingerprint density at radius 1 is 1.62 bits per heavy atom. The Labute approximate surface area is 88.4 Å². The number of carboxylic acid groups (broad SMARTS) is 1. The van der Waals surface area contributed by atoms with Gasteiger partial charge in [0.15, 0.2) is 6.61 Å². The van der Waals surface area contributed by atoms with Gasteiger partial charge in [0.25, 0.3) is 0 Å². The SMILES string of the molecule is O=C(O)COc1cc(Br)ccc1Cl. The highest BCUT2D eigenvalue weighted by molar-refractivity contribution is 9.10. The molecule has 0 amide bonds. The van der Waals surface area contributed by atoms with Gasteiger partial charge in [-0.05, 0) is 18.2 Å². The van der Waals surface area contributed by atoms with E-state index in [2.05, 4.69) is 15.9 Å². The van der Waals surface area contributed by atoms with E-state index in [1.165, 1.54) is 0 Å².